The second-order valence-corrected chi connectivity index (χ2v) is 12.1. The van der Waals surface area contributed by atoms with Crippen LogP contribution in [-0.4, -0.2) is 39.4 Å². The first-order chi connectivity index (χ1) is 18.4. The summed E-state index contributed by atoms with van der Waals surface area (Å²) in [5.74, 6) is 2.58. The van der Waals surface area contributed by atoms with E-state index in [2.05, 4.69) is 6.92 Å². The van der Waals surface area contributed by atoms with Crippen molar-refractivity contribution in [2.75, 3.05) is 0 Å². The Morgan fingerprint density at radius 1 is 0.923 bits per heavy atom. The third-order valence-corrected chi connectivity index (χ3v) is 7.07. The number of carbonyl (C=O) groups is 2. The quantitative estimate of drug-likeness (QED) is 0.301. The molecule has 0 aromatic heterocycles. The van der Waals surface area contributed by atoms with Crippen LogP contribution < -0.4 is 9.47 Å². The molecular formula is C32H42N2O5. The van der Waals surface area contributed by atoms with Crippen LogP contribution in [0.2, 0.25) is 0 Å². The molecule has 2 aliphatic rings. The van der Waals surface area contributed by atoms with Crippen LogP contribution in [0, 0.1) is 0 Å². The van der Waals surface area contributed by atoms with Crippen LogP contribution in [0.5, 0.6) is 17.2 Å². The zero-order valence-electron chi connectivity index (χ0n) is 24.2. The summed E-state index contributed by atoms with van der Waals surface area (Å²) in [5, 5.41) is 0. The Labute approximate surface area is 232 Å². The van der Waals surface area contributed by atoms with Gasteiger partial charge in [0.1, 0.15) is 34.2 Å². The number of hydrogen-bond acceptors (Lipinski definition) is 6. The van der Waals surface area contributed by atoms with Crippen LogP contribution in [0.3, 0.4) is 0 Å². The average Bonchev–Trinajstić information content (AvgIpc) is 3.44. The Hall–Kier alpha value is -3.35. The van der Waals surface area contributed by atoms with Crippen LogP contribution in [-0.2, 0) is 20.9 Å². The van der Waals surface area contributed by atoms with Crippen molar-refractivity contribution in [1.82, 2.24) is 4.90 Å². The number of aliphatic imine (C=N–C) groups is 1. The van der Waals surface area contributed by atoms with Gasteiger partial charge in [-0.3, -0.25) is 14.7 Å². The molecule has 2 aromatic carbocycles. The first kappa shape index (κ1) is 28.7. The maximum Gasteiger partial charge on any atom is 0.350 e. The average molecular weight is 535 g/mol. The smallest absolute Gasteiger partial charge is 0.350 e. The number of ether oxygens (including phenoxy) is 3. The molecule has 0 radical (unpaired) electrons. The Kier molecular flexibility index (Phi) is 8.38. The van der Waals surface area contributed by atoms with Crippen molar-refractivity contribution in [2.24, 2.45) is 4.99 Å². The Morgan fingerprint density at radius 2 is 1.49 bits per heavy atom. The van der Waals surface area contributed by atoms with Crippen LogP contribution in [0.4, 0.5) is 0 Å². The molecule has 0 saturated heterocycles. The zero-order chi connectivity index (χ0) is 28.3. The van der Waals surface area contributed by atoms with Gasteiger partial charge in [-0.25, -0.2) is 4.79 Å². The number of unbranched alkanes of at least 4 members (excludes halogenated alkanes) is 1. The van der Waals surface area contributed by atoms with Gasteiger partial charge in [-0.15, -0.1) is 0 Å². The van der Waals surface area contributed by atoms with Gasteiger partial charge in [0.2, 0.25) is 0 Å². The molecule has 1 aliphatic carbocycles. The number of rotatable bonds is 10. The van der Waals surface area contributed by atoms with Crippen molar-refractivity contribution in [1.29, 1.82) is 0 Å². The summed E-state index contributed by atoms with van der Waals surface area (Å²) in [7, 11) is 0. The monoisotopic (exact) mass is 534 g/mol. The van der Waals surface area contributed by atoms with Crippen molar-refractivity contribution in [3.8, 4) is 17.2 Å². The summed E-state index contributed by atoms with van der Waals surface area (Å²) in [4.78, 5) is 32.7. The van der Waals surface area contributed by atoms with E-state index >= 15 is 0 Å². The molecule has 1 amide bonds. The lowest BCUT2D eigenvalue weighted by Crippen LogP contribution is -2.43. The minimum Gasteiger partial charge on any atom is -0.476 e. The van der Waals surface area contributed by atoms with Gasteiger partial charge in [-0.1, -0.05) is 38.3 Å². The third-order valence-electron chi connectivity index (χ3n) is 7.07. The molecule has 0 atom stereocenters. The molecule has 0 bridgehead atoms. The lowest BCUT2D eigenvalue weighted by molar-refractivity contribution is -0.170. The number of hydrogen-bond donors (Lipinski definition) is 0. The predicted octanol–water partition coefficient (Wildman–Crippen LogP) is 7.22. The molecule has 7 nitrogen and oxygen atoms in total. The van der Waals surface area contributed by atoms with E-state index in [9.17, 15) is 9.59 Å². The van der Waals surface area contributed by atoms with Gasteiger partial charge in [0.25, 0.3) is 5.91 Å². The topological polar surface area (TPSA) is 77.4 Å². The van der Waals surface area contributed by atoms with Gasteiger partial charge in [0.05, 0.1) is 6.54 Å². The number of amides is 1. The van der Waals surface area contributed by atoms with Crippen molar-refractivity contribution >= 4 is 17.7 Å². The van der Waals surface area contributed by atoms with Crippen LogP contribution in [0.25, 0.3) is 0 Å². The molecule has 1 fully saturated rings. The van der Waals surface area contributed by atoms with Crippen LogP contribution in [0.15, 0.2) is 53.5 Å². The van der Waals surface area contributed by atoms with E-state index in [-0.39, 0.29) is 5.91 Å². The summed E-state index contributed by atoms with van der Waals surface area (Å²) in [6.07, 6.45) is 6.85. The normalized spacial score (nSPS) is 16.9. The van der Waals surface area contributed by atoms with E-state index in [0.717, 1.165) is 56.3 Å². The number of carbonyl (C=O) groups excluding carboxylic acids is 2. The summed E-state index contributed by atoms with van der Waals surface area (Å²) in [5.41, 5.74) is -1.17. The van der Waals surface area contributed by atoms with Crippen molar-refractivity contribution in [3.63, 3.8) is 0 Å². The predicted molar refractivity (Wildman–Crippen MR) is 152 cm³/mol. The highest BCUT2D eigenvalue weighted by molar-refractivity contribution is 6.08. The summed E-state index contributed by atoms with van der Waals surface area (Å²) in [6.45, 7) is 11.6. The molecule has 7 heteroatoms. The molecule has 39 heavy (non-hydrogen) atoms. The molecule has 0 unspecified atom stereocenters. The second-order valence-electron chi connectivity index (χ2n) is 12.1. The summed E-state index contributed by atoms with van der Waals surface area (Å²) >= 11 is 0. The van der Waals surface area contributed by atoms with E-state index in [1.165, 1.54) is 0 Å². The molecule has 1 saturated carbocycles. The molecule has 0 N–H and O–H groups in total. The number of nitrogens with zero attached hydrogens (tertiary/aromatic N) is 2. The molecular weight excluding hydrogens is 492 g/mol. The molecule has 4 rings (SSSR count). The largest absolute Gasteiger partial charge is 0.476 e. The first-order valence-electron chi connectivity index (χ1n) is 14.1. The maximum atomic E-state index is 13.4. The van der Waals surface area contributed by atoms with Crippen molar-refractivity contribution < 1.29 is 23.8 Å². The first-order valence-corrected chi connectivity index (χ1v) is 14.1. The third kappa shape index (κ3) is 7.00. The fourth-order valence-corrected chi connectivity index (χ4v) is 4.99. The van der Waals surface area contributed by atoms with E-state index in [1.807, 2.05) is 49.9 Å². The van der Waals surface area contributed by atoms with Gasteiger partial charge in [0.15, 0.2) is 5.60 Å². The second kappa shape index (κ2) is 11.4. The van der Waals surface area contributed by atoms with Gasteiger partial charge in [0, 0.05) is 6.42 Å². The molecule has 210 valence electrons. The van der Waals surface area contributed by atoms with Gasteiger partial charge in [-0.05, 0) is 95.8 Å². The number of benzene rings is 2. The van der Waals surface area contributed by atoms with Crippen molar-refractivity contribution in [2.45, 2.75) is 110 Å². The molecule has 1 aliphatic heterocycles. The van der Waals surface area contributed by atoms with Gasteiger partial charge in [-0.2, -0.15) is 0 Å². The van der Waals surface area contributed by atoms with Gasteiger partial charge < -0.3 is 14.2 Å². The SMILES string of the molecule is CCCCC1=NC2(CCCC2)C(=O)N1Cc1ccc(Oc2ccc(OC(C)(C)C(=O)OC(C)(C)C)cc2)cc1. The fourth-order valence-electron chi connectivity index (χ4n) is 4.99. The molecule has 2 aromatic rings. The highest BCUT2D eigenvalue weighted by Crippen LogP contribution is 2.40. The van der Waals surface area contributed by atoms with E-state index in [0.29, 0.717) is 23.8 Å². The lowest BCUT2D eigenvalue weighted by Gasteiger charge is -2.29. The van der Waals surface area contributed by atoms with E-state index < -0.39 is 22.7 Å². The minimum absolute atomic E-state index is 0.170. The minimum atomic E-state index is -1.12. The highest BCUT2D eigenvalue weighted by atomic mass is 16.6. The highest BCUT2D eigenvalue weighted by Gasteiger charge is 2.49. The summed E-state index contributed by atoms with van der Waals surface area (Å²) < 4.78 is 17.4. The Morgan fingerprint density at radius 3 is 2.05 bits per heavy atom. The van der Waals surface area contributed by atoms with E-state index in [4.69, 9.17) is 19.2 Å². The molecule has 1 spiro atoms. The maximum absolute atomic E-state index is 13.4. The van der Waals surface area contributed by atoms with Crippen LogP contribution in [0.1, 0.15) is 92.1 Å². The van der Waals surface area contributed by atoms with Crippen molar-refractivity contribution in [3.05, 3.63) is 54.1 Å². The fraction of sp³-hybridized carbons (Fsp3) is 0.531. The van der Waals surface area contributed by atoms with Crippen LogP contribution >= 0.6 is 0 Å². The Bertz CT molecular complexity index is 1190. The molecule has 1 heterocycles. The summed E-state index contributed by atoms with van der Waals surface area (Å²) in [6, 6.07) is 15.0. The zero-order valence-corrected chi connectivity index (χ0v) is 24.2. The Balaban J connectivity index is 1.36. The van der Waals surface area contributed by atoms with Gasteiger partial charge >= 0.3 is 5.97 Å². The standard InChI is InChI=1S/C32H42N2O5/c1-7-8-11-27-33-32(20-9-10-21-32)28(35)34(27)22-23-12-14-24(15-13-23)37-25-16-18-26(19-17-25)38-31(5,6)29(36)39-30(2,3)4/h12-19H,7-11,20-22H2,1-6H3. The number of esters is 1. The lowest BCUT2D eigenvalue weighted by atomic mass is 9.98. The number of amidine groups is 1. The van der Waals surface area contributed by atoms with E-state index in [1.54, 1.807) is 38.1 Å².